The molecule has 0 aromatic heterocycles. The number of cyclic esters (lactones) is 1. The van der Waals surface area contributed by atoms with Gasteiger partial charge in [0.1, 0.15) is 30.1 Å². The highest BCUT2D eigenvalue weighted by atomic mass is 31.2. The van der Waals surface area contributed by atoms with Gasteiger partial charge in [0.25, 0.3) is 11.7 Å². The molecule has 2 saturated heterocycles. The van der Waals surface area contributed by atoms with E-state index in [1.165, 1.54) is 12.0 Å². The zero-order valence-electron chi connectivity index (χ0n) is 47.9. The molecule has 4 aliphatic rings. The second-order valence-corrected chi connectivity index (χ2v) is 25.2. The second kappa shape index (κ2) is 32.3. The van der Waals surface area contributed by atoms with Gasteiger partial charge in [-0.15, -0.1) is 0 Å². The molecular weight excluding hydrogens is 1010 g/mol. The minimum Gasteiger partial charge on any atom is -0.460 e. The molecule has 15 atom stereocenters. The summed E-state index contributed by atoms with van der Waals surface area (Å²) in [6.45, 7) is 17.0. The zero-order valence-corrected chi connectivity index (χ0v) is 48.8. The first-order valence-corrected chi connectivity index (χ1v) is 30.5. The van der Waals surface area contributed by atoms with E-state index < -0.39 is 85.1 Å². The van der Waals surface area contributed by atoms with Crippen LogP contribution in [0.1, 0.15) is 126 Å². The van der Waals surface area contributed by atoms with Crippen LogP contribution in [0.4, 0.5) is 0 Å². The Kier molecular flexibility index (Phi) is 27.7. The lowest BCUT2D eigenvalue weighted by atomic mass is 9.78. The van der Waals surface area contributed by atoms with Gasteiger partial charge in [-0.2, -0.15) is 0 Å². The van der Waals surface area contributed by atoms with Gasteiger partial charge in [-0.05, 0) is 107 Å². The summed E-state index contributed by atoms with van der Waals surface area (Å²) >= 11 is 0. The van der Waals surface area contributed by atoms with E-state index in [2.05, 4.69) is 0 Å². The molecule has 18 nitrogen and oxygen atoms in total. The molecule has 0 aromatic carbocycles. The average molecular weight is 1110 g/mol. The van der Waals surface area contributed by atoms with Gasteiger partial charge >= 0.3 is 5.97 Å². The Hall–Kier alpha value is -3.26. The fourth-order valence-corrected chi connectivity index (χ4v) is 12.0. The van der Waals surface area contributed by atoms with E-state index in [-0.39, 0.29) is 93.8 Å². The van der Waals surface area contributed by atoms with E-state index in [9.17, 15) is 38.8 Å². The normalized spacial score (nSPS) is 36.2. The van der Waals surface area contributed by atoms with E-state index in [4.69, 9.17) is 42.8 Å². The molecule has 3 N–H and O–H groups in total. The summed E-state index contributed by atoms with van der Waals surface area (Å²) in [5, 5.41) is 32.7. The summed E-state index contributed by atoms with van der Waals surface area (Å²) in [6.07, 6.45) is 10.6. The van der Waals surface area contributed by atoms with Gasteiger partial charge in [-0.1, -0.05) is 71.1 Å². The van der Waals surface area contributed by atoms with Crippen LogP contribution in [0.25, 0.3) is 0 Å². The number of Topliss-reactive ketones (excluding diaryl/α,β-unsaturated/α-hetero) is 3. The maximum Gasteiger partial charge on any atom is 0.329 e. The van der Waals surface area contributed by atoms with Gasteiger partial charge in [0.2, 0.25) is 5.79 Å². The van der Waals surface area contributed by atoms with Gasteiger partial charge in [-0.3, -0.25) is 23.7 Å². The van der Waals surface area contributed by atoms with Crippen LogP contribution in [0.3, 0.4) is 0 Å². The smallest absolute Gasteiger partial charge is 0.329 e. The van der Waals surface area contributed by atoms with E-state index in [0.717, 1.165) is 5.57 Å². The molecule has 1 aliphatic carbocycles. The predicted octanol–water partition coefficient (Wildman–Crippen LogP) is 7.14. The summed E-state index contributed by atoms with van der Waals surface area (Å²) in [7, 11) is 0.154. The highest BCUT2D eigenvalue weighted by Gasteiger charge is 2.53. The molecule has 1 unspecified atom stereocenters. The molecule has 438 valence electrons. The topological polar surface area (TPSA) is 240 Å². The van der Waals surface area contributed by atoms with Crippen molar-refractivity contribution in [2.45, 2.75) is 180 Å². The van der Waals surface area contributed by atoms with Gasteiger partial charge in [0.15, 0.2) is 13.2 Å². The fraction of sp³-hybridized carbons (Fsp3) is 0.776. The first-order chi connectivity index (χ1) is 36.4. The molecule has 1 amide bonds. The standard InChI is InChI=1S/C58H94NO17P/c1-37-17-13-12-14-18-38(2)49(73-30-29-72-28-27-71-26-25-60)35-45-22-20-43(7)58(67,75-45)55(64)56(65)59-24-16-15-19-46(59)57(66)74-50(40(4)33-44-21-23-48(51(34-44)69-8)76-77(10,11)68)36-47(61)39(3)32-42(6)53(63)54(70-9)52(62)41(5)31-37/h12-14,17-18,32,37,39-41,43-46,48-51,53-54,60,63,67H,15-16,19-31,33-36H2,1-11H3/b14-12+,17-13+,38-18+,42-32+/t37-,39-,40-,41-,43-,44+,45+,46+,48-,49?,50+,51-,53-,54+,58-/m1/s1. The summed E-state index contributed by atoms with van der Waals surface area (Å²) in [5.74, 6) is -8.46. The summed E-state index contributed by atoms with van der Waals surface area (Å²) < 4.78 is 59.9. The van der Waals surface area contributed by atoms with Gasteiger partial charge in [0.05, 0.1) is 64.1 Å². The largest absolute Gasteiger partial charge is 0.460 e. The van der Waals surface area contributed by atoms with Crippen LogP contribution < -0.4 is 0 Å². The number of aliphatic hydroxyl groups excluding tert-OH is 2. The number of amides is 1. The molecular formula is C58H94NO17P. The number of hydrogen-bond acceptors (Lipinski definition) is 17. The number of methoxy groups -OCH3 is 2. The third-order valence-electron chi connectivity index (χ3n) is 15.7. The quantitative estimate of drug-likeness (QED) is 0.0457. The third-order valence-corrected chi connectivity index (χ3v) is 16.5. The fourth-order valence-electron chi connectivity index (χ4n) is 11.1. The molecule has 0 aromatic rings. The van der Waals surface area contributed by atoms with Crippen LogP contribution in [0.5, 0.6) is 0 Å². The van der Waals surface area contributed by atoms with E-state index in [1.54, 1.807) is 54.2 Å². The molecule has 3 aliphatic heterocycles. The van der Waals surface area contributed by atoms with Gasteiger partial charge in [0, 0.05) is 64.7 Å². The maximum atomic E-state index is 14.6. The average Bonchev–Trinajstić information content (AvgIpc) is 3.39. The van der Waals surface area contributed by atoms with Crippen molar-refractivity contribution in [3.63, 3.8) is 0 Å². The van der Waals surface area contributed by atoms with Crippen molar-refractivity contribution in [2.24, 2.45) is 35.5 Å². The number of fused-ring (bicyclic) bond motifs is 3. The number of rotatable bonds is 16. The predicted molar refractivity (Wildman–Crippen MR) is 291 cm³/mol. The number of carbonyl (C=O) groups is 5. The third kappa shape index (κ3) is 20.4. The monoisotopic (exact) mass is 1110 g/mol. The molecule has 2 bridgehead atoms. The van der Waals surface area contributed by atoms with Crippen molar-refractivity contribution < 1.29 is 81.5 Å². The Morgan fingerprint density at radius 3 is 2.21 bits per heavy atom. The number of allylic oxidation sites excluding steroid dienone is 6. The first kappa shape index (κ1) is 66.3. The van der Waals surface area contributed by atoms with Crippen molar-refractivity contribution in [3.05, 3.63) is 47.6 Å². The number of ketones is 3. The Morgan fingerprint density at radius 1 is 0.831 bits per heavy atom. The lowest BCUT2D eigenvalue weighted by Crippen LogP contribution is -2.61. The SMILES string of the molecule is CO[C@@H]1C[C@H](C[C@@H](C)[C@@H]2CC(=O)[C@H](C)/C=C(\C)[C@@H](O)[C@@H](OC)C(=O)[C@H](C)C[C@H](C)/C=C/C=C/C=C(\C)C(OCCOCCOCCO)C[C@@H]3CC[C@@H](C)[C@@](O)(O3)C(=O)C(=O)N3CCCC[C@H]3C(=O)O2)CC[C@H]1OP(C)(C)=O. The molecule has 4 rings (SSSR count). The lowest BCUT2D eigenvalue weighted by Gasteiger charge is -2.43. The summed E-state index contributed by atoms with van der Waals surface area (Å²) in [4.78, 5) is 73.0. The van der Waals surface area contributed by atoms with Crippen LogP contribution in [-0.4, -0.2) is 178 Å². The molecule has 3 fully saturated rings. The number of aliphatic hydroxyl groups is 3. The summed E-state index contributed by atoms with van der Waals surface area (Å²) in [6, 6.07) is -1.19. The van der Waals surface area contributed by atoms with Crippen LogP contribution in [0.2, 0.25) is 0 Å². The van der Waals surface area contributed by atoms with Crippen molar-refractivity contribution >= 4 is 36.6 Å². The van der Waals surface area contributed by atoms with Crippen molar-refractivity contribution in [1.29, 1.82) is 0 Å². The number of hydrogen-bond donors (Lipinski definition) is 3. The first-order valence-electron chi connectivity index (χ1n) is 28.0. The van der Waals surface area contributed by atoms with Crippen LogP contribution in [-0.2, 0) is 66.2 Å². The van der Waals surface area contributed by atoms with Gasteiger partial charge in [-0.25, -0.2) is 4.79 Å². The molecule has 19 heteroatoms. The molecule has 3 heterocycles. The number of ether oxygens (including phenoxy) is 7. The van der Waals surface area contributed by atoms with Crippen LogP contribution in [0.15, 0.2) is 47.6 Å². The van der Waals surface area contributed by atoms with Crippen LogP contribution >= 0.6 is 7.37 Å². The Labute approximate surface area is 458 Å². The summed E-state index contributed by atoms with van der Waals surface area (Å²) in [5.41, 5.74) is 1.18. The number of piperidine rings is 1. The van der Waals surface area contributed by atoms with E-state index >= 15 is 0 Å². The Balaban J connectivity index is 1.70. The van der Waals surface area contributed by atoms with Crippen molar-refractivity contribution in [1.82, 2.24) is 4.90 Å². The minimum atomic E-state index is -2.81. The number of esters is 1. The van der Waals surface area contributed by atoms with E-state index in [0.29, 0.717) is 76.6 Å². The van der Waals surface area contributed by atoms with E-state index in [1.807, 2.05) is 51.2 Å². The maximum absolute atomic E-state index is 14.6. The van der Waals surface area contributed by atoms with Crippen molar-refractivity contribution in [3.8, 4) is 0 Å². The second-order valence-electron chi connectivity index (χ2n) is 22.5. The van der Waals surface area contributed by atoms with Crippen LogP contribution in [0, 0.1) is 35.5 Å². The number of nitrogens with zero attached hydrogens (tertiary/aromatic N) is 1. The number of carbonyl (C=O) groups excluding carboxylic acids is 5. The van der Waals surface area contributed by atoms with Gasteiger partial charge < -0.3 is 57.9 Å². The highest BCUT2D eigenvalue weighted by molar-refractivity contribution is 7.57. The lowest BCUT2D eigenvalue weighted by molar-refractivity contribution is -0.266. The highest BCUT2D eigenvalue weighted by Crippen LogP contribution is 2.45. The zero-order chi connectivity index (χ0) is 57.0. The molecule has 0 radical (unpaired) electrons. The van der Waals surface area contributed by atoms with Crippen molar-refractivity contribution in [2.75, 3.05) is 73.7 Å². The molecule has 0 spiro atoms. The Bertz CT molecular complexity index is 2090. The minimum absolute atomic E-state index is 0.0268. The molecule has 77 heavy (non-hydrogen) atoms. The Morgan fingerprint density at radius 2 is 1.53 bits per heavy atom. The molecule has 1 saturated carbocycles.